The van der Waals surface area contributed by atoms with Gasteiger partial charge in [-0.05, 0) is 86.7 Å². The van der Waals surface area contributed by atoms with Crippen LogP contribution in [-0.2, 0) is 4.74 Å². The largest absolute Gasteiger partial charge is 0.393 e. The standard InChI is InChI=1S/C28H46O4/c1-18(8-7-13-27(3,4)31)24-11-12-25-21(15-23(32-6)17-28(24,25)5)10-9-20-14-22(29)16-26(30)19(20)2/h9-10,18,22-26,29-31H,2,7-8,11-17H2,1,3-6H3/b20-9+,21-10+/t18-,22-,23-,24-,25+,26+,28-/m1/s1. The maximum Gasteiger partial charge on any atom is 0.0811 e. The van der Waals surface area contributed by atoms with Gasteiger partial charge in [0.25, 0.3) is 0 Å². The number of fused-ring (bicyclic) bond motifs is 1. The molecular formula is C28H46O4. The molecule has 0 aromatic heterocycles. The highest BCUT2D eigenvalue weighted by Crippen LogP contribution is 2.60. The number of allylic oxidation sites excluding steroid dienone is 2. The Kier molecular flexibility index (Phi) is 8.13. The van der Waals surface area contributed by atoms with Crippen LogP contribution in [-0.4, -0.2) is 46.3 Å². The third kappa shape index (κ3) is 5.75. The summed E-state index contributed by atoms with van der Waals surface area (Å²) >= 11 is 0. The molecule has 3 rings (SSSR count). The van der Waals surface area contributed by atoms with Crippen LogP contribution in [0.3, 0.4) is 0 Å². The molecule has 0 unspecified atom stereocenters. The SMILES string of the molecule is C=C1/C(=C/C=C2\C[C@@H](OC)C[C@]3(C)[C@@H]([C@H](C)CCCC(C)(C)O)CC[C@@H]23)C[C@@H](O)C[C@@H]1O. The fourth-order valence-corrected chi connectivity index (χ4v) is 6.94. The van der Waals surface area contributed by atoms with Gasteiger partial charge in [0.05, 0.1) is 23.9 Å². The van der Waals surface area contributed by atoms with Gasteiger partial charge < -0.3 is 20.1 Å². The van der Waals surface area contributed by atoms with Crippen LogP contribution in [0.2, 0.25) is 0 Å². The summed E-state index contributed by atoms with van der Waals surface area (Å²) in [4.78, 5) is 0. The summed E-state index contributed by atoms with van der Waals surface area (Å²) < 4.78 is 5.90. The van der Waals surface area contributed by atoms with Gasteiger partial charge >= 0.3 is 0 Å². The molecule has 0 aromatic carbocycles. The van der Waals surface area contributed by atoms with E-state index in [0.29, 0.717) is 30.6 Å². The smallest absolute Gasteiger partial charge is 0.0811 e. The molecule has 0 aromatic rings. The van der Waals surface area contributed by atoms with E-state index in [4.69, 9.17) is 4.74 Å². The van der Waals surface area contributed by atoms with E-state index in [0.717, 1.165) is 43.3 Å². The van der Waals surface area contributed by atoms with Crippen LogP contribution in [0.25, 0.3) is 0 Å². The first kappa shape index (κ1) is 25.7. The molecule has 3 aliphatic carbocycles. The summed E-state index contributed by atoms with van der Waals surface area (Å²) in [5.74, 6) is 1.85. The van der Waals surface area contributed by atoms with Gasteiger partial charge in [-0.25, -0.2) is 0 Å². The van der Waals surface area contributed by atoms with E-state index in [1.807, 2.05) is 21.0 Å². The van der Waals surface area contributed by atoms with Crippen LogP contribution < -0.4 is 0 Å². The van der Waals surface area contributed by atoms with E-state index < -0.39 is 17.8 Å². The predicted octanol–water partition coefficient (Wildman–Crippen LogP) is 5.33. The normalized spacial score (nSPS) is 39.5. The topological polar surface area (TPSA) is 69.9 Å². The third-order valence-corrected chi connectivity index (χ3v) is 8.72. The van der Waals surface area contributed by atoms with Crippen molar-refractivity contribution in [1.29, 1.82) is 0 Å². The van der Waals surface area contributed by atoms with Crippen LogP contribution in [0.15, 0.2) is 35.5 Å². The minimum atomic E-state index is -0.646. The van der Waals surface area contributed by atoms with E-state index in [1.54, 1.807) is 0 Å². The van der Waals surface area contributed by atoms with Crippen LogP contribution in [0, 0.1) is 23.2 Å². The molecule has 4 nitrogen and oxygen atoms in total. The predicted molar refractivity (Wildman–Crippen MR) is 130 cm³/mol. The summed E-state index contributed by atoms with van der Waals surface area (Å²) in [7, 11) is 1.83. The van der Waals surface area contributed by atoms with Crippen molar-refractivity contribution in [1.82, 2.24) is 0 Å². The van der Waals surface area contributed by atoms with Crippen molar-refractivity contribution < 1.29 is 20.1 Å². The minimum Gasteiger partial charge on any atom is -0.393 e. The van der Waals surface area contributed by atoms with Crippen molar-refractivity contribution in [2.24, 2.45) is 23.2 Å². The van der Waals surface area contributed by atoms with Gasteiger partial charge in [0.1, 0.15) is 0 Å². The minimum absolute atomic E-state index is 0.222. The van der Waals surface area contributed by atoms with Gasteiger partial charge in [-0.2, -0.15) is 0 Å². The van der Waals surface area contributed by atoms with Crippen molar-refractivity contribution in [2.75, 3.05) is 7.11 Å². The summed E-state index contributed by atoms with van der Waals surface area (Å²) in [6, 6.07) is 0. The summed E-state index contributed by atoms with van der Waals surface area (Å²) in [6.45, 7) is 12.7. The molecule has 0 amide bonds. The van der Waals surface area contributed by atoms with Gasteiger partial charge in [-0.3, -0.25) is 0 Å². The first-order valence-corrected chi connectivity index (χ1v) is 12.6. The lowest BCUT2D eigenvalue weighted by Crippen LogP contribution is -2.41. The molecular weight excluding hydrogens is 400 g/mol. The second-order valence-corrected chi connectivity index (χ2v) is 11.8. The molecule has 4 heteroatoms. The number of methoxy groups -OCH3 is 1. The monoisotopic (exact) mass is 446 g/mol. The van der Waals surface area contributed by atoms with Crippen molar-refractivity contribution in [2.45, 2.75) is 109 Å². The van der Waals surface area contributed by atoms with E-state index in [9.17, 15) is 15.3 Å². The summed E-state index contributed by atoms with van der Waals surface area (Å²) in [5.41, 5.74) is 2.81. The lowest BCUT2D eigenvalue weighted by Gasteiger charge is -2.47. The second-order valence-electron chi connectivity index (χ2n) is 11.8. The highest BCUT2D eigenvalue weighted by Gasteiger charge is 2.52. The maximum atomic E-state index is 10.2. The molecule has 3 fully saturated rings. The van der Waals surface area contributed by atoms with Crippen LogP contribution >= 0.6 is 0 Å². The highest BCUT2D eigenvalue weighted by atomic mass is 16.5. The molecule has 3 aliphatic rings. The fourth-order valence-electron chi connectivity index (χ4n) is 6.94. The number of ether oxygens (including phenoxy) is 1. The Labute approximate surface area is 195 Å². The molecule has 0 radical (unpaired) electrons. The summed E-state index contributed by atoms with van der Waals surface area (Å²) in [5, 5.41) is 30.4. The Morgan fingerprint density at radius 2 is 1.94 bits per heavy atom. The van der Waals surface area contributed by atoms with Gasteiger partial charge in [-0.1, -0.05) is 51.0 Å². The zero-order valence-electron chi connectivity index (χ0n) is 20.9. The molecule has 7 atom stereocenters. The van der Waals surface area contributed by atoms with Gasteiger partial charge in [0.15, 0.2) is 0 Å². The molecule has 0 aliphatic heterocycles. The van der Waals surface area contributed by atoms with Crippen molar-refractivity contribution in [3.05, 3.63) is 35.5 Å². The van der Waals surface area contributed by atoms with Crippen LogP contribution in [0.5, 0.6) is 0 Å². The molecule has 0 heterocycles. The Morgan fingerprint density at radius 3 is 2.59 bits per heavy atom. The zero-order valence-corrected chi connectivity index (χ0v) is 20.9. The average molecular weight is 447 g/mol. The van der Waals surface area contributed by atoms with Gasteiger partial charge in [0, 0.05) is 13.5 Å². The van der Waals surface area contributed by atoms with E-state index >= 15 is 0 Å². The molecule has 0 saturated heterocycles. The maximum absolute atomic E-state index is 10.2. The van der Waals surface area contributed by atoms with Crippen molar-refractivity contribution >= 4 is 0 Å². The quantitative estimate of drug-likeness (QED) is 0.494. The molecule has 182 valence electrons. The highest BCUT2D eigenvalue weighted by molar-refractivity contribution is 5.39. The summed E-state index contributed by atoms with van der Waals surface area (Å²) in [6.07, 6.45) is 12.0. The molecule has 3 N–H and O–H groups in total. The number of rotatable bonds is 7. The molecule has 32 heavy (non-hydrogen) atoms. The molecule has 3 saturated carbocycles. The fraction of sp³-hybridized carbons (Fsp3) is 0.786. The molecule has 0 spiro atoms. The Hall–Kier alpha value is -0.940. The Balaban J connectivity index is 1.78. The first-order chi connectivity index (χ1) is 14.9. The van der Waals surface area contributed by atoms with Gasteiger partial charge in [-0.15, -0.1) is 0 Å². The lowest BCUT2D eigenvalue weighted by atomic mass is 9.60. The van der Waals surface area contributed by atoms with Crippen LogP contribution in [0.4, 0.5) is 0 Å². The lowest BCUT2D eigenvalue weighted by molar-refractivity contribution is -0.00820. The Bertz CT molecular complexity index is 730. The number of aliphatic hydroxyl groups excluding tert-OH is 2. The Morgan fingerprint density at radius 1 is 1.22 bits per heavy atom. The number of hydrogen-bond donors (Lipinski definition) is 3. The number of hydrogen-bond acceptors (Lipinski definition) is 4. The number of aliphatic hydroxyl groups is 3. The van der Waals surface area contributed by atoms with Gasteiger partial charge in [0.2, 0.25) is 0 Å². The second kappa shape index (κ2) is 10.1. The van der Waals surface area contributed by atoms with Crippen molar-refractivity contribution in [3.8, 4) is 0 Å². The van der Waals surface area contributed by atoms with E-state index in [1.165, 1.54) is 18.4 Å². The van der Waals surface area contributed by atoms with Crippen LogP contribution in [0.1, 0.15) is 85.5 Å². The molecule has 0 bridgehead atoms. The van der Waals surface area contributed by atoms with Crippen molar-refractivity contribution in [3.63, 3.8) is 0 Å². The third-order valence-electron chi connectivity index (χ3n) is 8.72. The van der Waals surface area contributed by atoms with E-state index in [-0.39, 0.29) is 11.5 Å². The van der Waals surface area contributed by atoms with E-state index in [2.05, 4.69) is 32.6 Å². The zero-order chi connectivity index (χ0) is 23.7. The average Bonchev–Trinajstić information content (AvgIpc) is 3.05. The first-order valence-electron chi connectivity index (χ1n) is 12.6.